The molecule has 0 aliphatic rings. The second kappa shape index (κ2) is 12.4. The lowest BCUT2D eigenvalue weighted by Crippen LogP contribution is -2.00. The molecule has 0 radical (unpaired) electrons. The Bertz CT molecular complexity index is 3240. The molecule has 0 aliphatic carbocycles. The Kier molecular flexibility index (Phi) is 6.86. The van der Waals surface area contributed by atoms with E-state index in [1.54, 1.807) is 0 Å². The van der Waals surface area contributed by atoms with Gasteiger partial charge in [0.2, 0.25) is 0 Å². The zero-order chi connectivity index (χ0) is 37.5. The van der Waals surface area contributed by atoms with Crippen molar-refractivity contribution >= 4 is 65.4 Å². The van der Waals surface area contributed by atoms with E-state index in [1.807, 2.05) is 24.8 Å². The average Bonchev–Trinajstić information content (AvgIpc) is 3.92. The molecular formula is C52H33N5. The fourth-order valence-corrected chi connectivity index (χ4v) is 9.07. The van der Waals surface area contributed by atoms with Gasteiger partial charge in [-0.05, 0) is 83.9 Å². The molecule has 12 aromatic rings. The lowest BCUT2D eigenvalue weighted by atomic mass is 10.0. The molecule has 0 unspecified atom stereocenters. The van der Waals surface area contributed by atoms with Crippen LogP contribution in [-0.4, -0.2) is 23.7 Å². The normalized spacial score (nSPS) is 11.9. The molecule has 57 heavy (non-hydrogen) atoms. The first-order valence-corrected chi connectivity index (χ1v) is 19.3. The van der Waals surface area contributed by atoms with E-state index in [4.69, 9.17) is 4.98 Å². The summed E-state index contributed by atoms with van der Waals surface area (Å²) in [6, 6.07) is 63.5. The first-order valence-electron chi connectivity index (χ1n) is 19.3. The second-order valence-electron chi connectivity index (χ2n) is 14.7. The number of aromatic nitrogens is 5. The third kappa shape index (κ3) is 4.82. The fraction of sp³-hybridized carbons (Fsp3) is 0. The van der Waals surface area contributed by atoms with E-state index < -0.39 is 0 Å². The van der Waals surface area contributed by atoms with Crippen LogP contribution in [-0.2, 0) is 0 Å². The van der Waals surface area contributed by atoms with Gasteiger partial charge in [-0.25, -0.2) is 0 Å². The van der Waals surface area contributed by atoms with Crippen LogP contribution in [0.25, 0.3) is 105 Å². The van der Waals surface area contributed by atoms with Gasteiger partial charge >= 0.3 is 0 Å². The molecule has 5 heterocycles. The van der Waals surface area contributed by atoms with Gasteiger partial charge in [-0.15, -0.1) is 0 Å². The van der Waals surface area contributed by atoms with E-state index >= 15 is 0 Å². The van der Waals surface area contributed by atoms with Gasteiger partial charge in [0.15, 0.2) is 0 Å². The summed E-state index contributed by atoms with van der Waals surface area (Å²) in [5, 5.41) is 7.30. The zero-order valence-electron chi connectivity index (χ0n) is 30.8. The molecule has 266 valence electrons. The number of pyridine rings is 2. The molecule has 5 aromatic heterocycles. The number of nitrogens with zero attached hydrogens (tertiary/aromatic N) is 5. The fourth-order valence-electron chi connectivity index (χ4n) is 9.07. The third-order valence-corrected chi connectivity index (χ3v) is 11.6. The Hall–Kier alpha value is -7.76. The molecule has 0 atom stereocenters. The van der Waals surface area contributed by atoms with Gasteiger partial charge in [0, 0.05) is 85.3 Å². The van der Waals surface area contributed by atoms with Crippen molar-refractivity contribution in [3.63, 3.8) is 0 Å². The van der Waals surface area contributed by atoms with Crippen LogP contribution in [0.5, 0.6) is 0 Å². The van der Waals surface area contributed by atoms with Crippen molar-refractivity contribution in [1.29, 1.82) is 0 Å². The Balaban J connectivity index is 1.04. The van der Waals surface area contributed by atoms with Gasteiger partial charge in [0.05, 0.1) is 33.1 Å². The Morgan fingerprint density at radius 1 is 0.263 bits per heavy atom. The molecule has 0 aliphatic heterocycles. The van der Waals surface area contributed by atoms with E-state index in [1.165, 1.54) is 54.5 Å². The van der Waals surface area contributed by atoms with Crippen LogP contribution in [0.3, 0.4) is 0 Å². The Morgan fingerprint density at radius 3 is 1.16 bits per heavy atom. The van der Waals surface area contributed by atoms with Crippen molar-refractivity contribution in [3.05, 3.63) is 201 Å². The molecule has 5 heteroatoms. The molecule has 0 saturated carbocycles. The maximum absolute atomic E-state index is 4.85. The maximum atomic E-state index is 4.85. The quantitative estimate of drug-likeness (QED) is 0.177. The zero-order valence-corrected chi connectivity index (χ0v) is 30.8. The molecule has 0 spiro atoms. The predicted molar refractivity (Wildman–Crippen MR) is 236 cm³/mol. The van der Waals surface area contributed by atoms with Crippen LogP contribution in [0.15, 0.2) is 201 Å². The highest BCUT2D eigenvalue weighted by Crippen LogP contribution is 2.39. The van der Waals surface area contributed by atoms with Gasteiger partial charge in [0.1, 0.15) is 0 Å². The van der Waals surface area contributed by atoms with Crippen molar-refractivity contribution in [3.8, 4) is 39.3 Å². The highest BCUT2D eigenvalue weighted by molar-refractivity contribution is 6.11. The summed E-state index contributed by atoms with van der Waals surface area (Å²) in [6.07, 6.45) is 7.79. The van der Waals surface area contributed by atoms with E-state index in [0.29, 0.717) is 0 Å². The minimum atomic E-state index is 1.05. The molecular weight excluding hydrogens is 695 g/mol. The standard InChI is InChI=1S/C52H33N5/c1-6-16-47-41(11-1)42-12-2-7-17-48(42)56(47)39-28-35(29-40(30-39)57-49-18-8-3-13-43(49)44-14-4-9-19-50(44)57)37-27-36(31-54-32-37)34-21-23-38(24-22-34)55-51-20-10-5-15-45(51)46-33-53-26-25-52(46)55/h1-33H. The number of para-hydroxylation sites is 5. The Labute approximate surface area is 328 Å². The molecule has 0 saturated heterocycles. The number of rotatable bonds is 5. The van der Waals surface area contributed by atoms with E-state index in [-0.39, 0.29) is 0 Å². The molecule has 7 aromatic carbocycles. The minimum absolute atomic E-state index is 1.05. The summed E-state index contributed by atoms with van der Waals surface area (Å²) < 4.78 is 7.14. The summed E-state index contributed by atoms with van der Waals surface area (Å²) in [5.74, 6) is 0. The van der Waals surface area contributed by atoms with E-state index in [9.17, 15) is 0 Å². The summed E-state index contributed by atoms with van der Waals surface area (Å²) in [7, 11) is 0. The third-order valence-electron chi connectivity index (χ3n) is 11.6. The van der Waals surface area contributed by atoms with Gasteiger partial charge < -0.3 is 13.7 Å². The SMILES string of the molecule is c1ccc2c(c1)c1ccccc1n2-c1cc(-c2cncc(-c3ccc(-n4c5ccccc5c5cnccc54)cc3)c2)cc(-n2c3ccccc3c3ccccc32)c1. The summed E-state index contributed by atoms with van der Waals surface area (Å²) in [6.45, 7) is 0. The number of hydrogen-bond acceptors (Lipinski definition) is 2. The van der Waals surface area contributed by atoms with Crippen molar-refractivity contribution < 1.29 is 0 Å². The van der Waals surface area contributed by atoms with Crippen molar-refractivity contribution in [1.82, 2.24) is 23.7 Å². The van der Waals surface area contributed by atoms with Gasteiger partial charge in [-0.2, -0.15) is 0 Å². The van der Waals surface area contributed by atoms with Gasteiger partial charge in [0.25, 0.3) is 0 Å². The first-order chi connectivity index (χ1) is 28.3. The molecule has 0 amide bonds. The molecule has 0 fully saturated rings. The van der Waals surface area contributed by atoms with E-state index in [2.05, 4.69) is 195 Å². The monoisotopic (exact) mass is 727 g/mol. The van der Waals surface area contributed by atoms with Crippen LogP contribution in [0, 0.1) is 0 Å². The highest BCUT2D eigenvalue weighted by atomic mass is 15.0. The first kappa shape index (κ1) is 31.6. The topological polar surface area (TPSA) is 40.6 Å². The minimum Gasteiger partial charge on any atom is -0.309 e. The number of hydrogen-bond donors (Lipinski definition) is 0. The van der Waals surface area contributed by atoms with Crippen molar-refractivity contribution in [2.45, 2.75) is 0 Å². The van der Waals surface area contributed by atoms with E-state index in [0.717, 1.165) is 50.2 Å². The number of fused-ring (bicyclic) bond motifs is 9. The molecule has 0 bridgehead atoms. The van der Waals surface area contributed by atoms with Crippen LogP contribution < -0.4 is 0 Å². The van der Waals surface area contributed by atoms with Crippen LogP contribution in [0.2, 0.25) is 0 Å². The summed E-state index contributed by atoms with van der Waals surface area (Å²) in [4.78, 5) is 9.28. The second-order valence-corrected chi connectivity index (χ2v) is 14.7. The lowest BCUT2D eigenvalue weighted by Gasteiger charge is -2.16. The summed E-state index contributed by atoms with van der Waals surface area (Å²) >= 11 is 0. The smallest absolute Gasteiger partial charge is 0.0571 e. The van der Waals surface area contributed by atoms with Crippen LogP contribution >= 0.6 is 0 Å². The van der Waals surface area contributed by atoms with Crippen LogP contribution in [0.4, 0.5) is 0 Å². The van der Waals surface area contributed by atoms with Crippen molar-refractivity contribution in [2.24, 2.45) is 0 Å². The Morgan fingerprint density at radius 2 is 0.667 bits per heavy atom. The molecule has 12 rings (SSSR count). The highest BCUT2D eigenvalue weighted by Gasteiger charge is 2.18. The summed E-state index contributed by atoms with van der Waals surface area (Å²) in [5.41, 5.74) is 14.6. The largest absolute Gasteiger partial charge is 0.309 e. The predicted octanol–water partition coefficient (Wildman–Crippen LogP) is 13.1. The average molecular weight is 728 g/mol. The maximum Gasteiger partial charge on any atom is 0.0571 e. The van der Waals surface area contributed by atoms with Gasteiger partial charge in [-0.3, -0.25) is 9.97 Å². The lowest BCUT2D eigenvalue weighted by molar-refractivity contribution is 1.13. The number of benzene rings is 7. The van der Waals surface area contributed by atoms with Crippen molar-refractivity contribution in [2.75, 3.05) is 0 Å². The molecule has 5 nitrogen and oxygen atoms in total. The van der Waals surface area contributed by atoms with Gasteiger partial charge in [-0.1, -0.05) is 103 Å². The molecule has 0 N–H and O–H groups in total. The van der Waals surface area contributed by atoms with Crippen LogP contribution in [0.1, 0.15) is 0 Å².